The van der Waals surface area contributed by atoms with E-state index in [9.17, 15) is 0 Å². The van der Waals surface area contributed by atoms with Gasteiger partial charge >= 0.3 is 0 Å². The molecule has 1 aliphatic heterocycles. The first kappa shape index (κ1) is 7.56. The van der Waals surface area contributed by atoms with Crippen molar-refractivity contribution in [2.75, 3.05) is 13.1 Å². The van der Waals surface area contributed by atoms with Crippen molar-refractivity contribution in [3.8, 4) is 0 Å². The zero-order chi connectivity index (χ0) is 7.52. The first-order valence-electron chi connectivity index (χ1n) is 4.84. The summed E-state index contributed by atoms with van der Waals surface area (Å²) in [7, 11) is 0. The Morgan fingerprint density at radius 1 is 1.00 bits per heavy atom. The maximum absolute atomic E-state index is 4.34. The molecule has 2 nitrogen and oxygen atoms in total. The molecule has 1 unspecified atom stereocenters. The van der Waals surface area contributed by atoms with Gasteiger partial charge in [0.2, 0.25) is 0 Å². The van der Waals surface area contributed by atoms with Crippen molar-refractivity contribution in [2.45, 2.75) is 44.2 Å². The zero-order valence-corrected chi connectivity index (χ0v) is 7.05. The normalized spacial score (nSPS) is 33.3. The predicted octanol–water partition coefficient (Wildman–Crippen LogP) is 0.895. The van der Waals surface area contributed by atoms with Crippen molar-refractivity contribution in [1.29, 1.82) is 0 Å². The van der Waals surface area contributed by atoms with E-state index < -0.39 is 0 Å². The fourth-order valence-electron chi connectivity index (χ4n) is 2.15. The van der Waals surface area contributed by atoms with Crippen LogP contribution in [0.15, 0.2) is 0 Å². The summed E-state index contributed by atoms with van der Waals surface area (Å²) in [5.74, 6) is 0. The van der Waals surface area contributed by atoms with Crippen LogP contribution in [0.2, 0.25) is 0 Å². The highest BCUT2D eigenvalue weighted by atomic mass is 15.0. The standard InChI is InChI=1S/C9H17N2/c1-2-4-8(3-1)11-9-5-6-10-7-9/h8-9,11H,1-7H2. The van der Waals surface area contributed by atoms with E-state index in [0.717, 1.165) is 25.2 Å². The van der Waals surface area contributed by atoms with Crippen LogP contribution in [0.25, 0.3) is 0 Å². The highest BCUT2D eigenvalue weighted by Crippen LogP contribution is 2.18. The van der Waals surface area contributed by atoms with Crippen LogP contribution in [0.5, 0.6) is 0 Å². The molecule has 2 heteroatoms. The van der Waals surface area contributed by atoms with Crippen LogP contribution in [-0.2, 0) is 0 Å². The molecule has 2 fully saturated rings. The summed E-state index contributed by atoms with van der Waals surface area (Å²) >= 11 is 0. The van der Waals surface area contributed by atoms with Gasteiger partial charge in [0.05, 0.1) is 0 Å². The first-order chi connectivity index (χ1) is 5.45. The molecule has 1 saturated carbocycles. The van der Waals surface area contributed by atoms with Gasteiger partial charge in [-0.3, -0.25) is 0 Å². The quantitative estimate of drug-likeness (QED) is 0.626. The molecular weight excluding hydrogens is 136 g/mol. The van der Waals surface area contributed by atoms with Gasteiger partial charge in [0.1, 0.15) is 0 Å². The van der Waals surface area contributed by atoms with E-state index in [4.69, 9.17) is 0 Å². The Labute approximate surface area is 68.7 Å². The molecule has 0 aromatic carbocycles. The maximum atomic E-state index is 4.34. The molecule has 11 heavy (non-hydrogen) atoms. The molecule has 2 aliphatic rings. The molecule has 1 aliphatic carbocycles. The molecule has 0 spiro atoms. The summed E-state index contributed by atoms with van der Waals surface area (Å²) in [4.78, 5) is 0. The Kier molecular flexibility index (Phi) is 2.44. The van der Waals surface area contributed by atoms with E-state index in [1.165, 1.54) is 32.1 Å². The van der Waals surface area contributed by atoms with E-state index in [-0.39, 0.29) is 0 Å². The van der Waals surface area contributed by atoms with Crippen LogP contribution in [-0.4, -0.2) is 25.2 Å². The minimum Gasteiger partial charge on any atom is -0.310 e. The summed E-state index contributed by atoms with van der Waals surface area (Å²) in [6, 6.07) is 1.55. The van der Waals surface area contributed by atoms with E-state index in [1.807, 2.05) is 0 Å². The summed E-state index contributed by atoms with van der Waals surface area (Å²) in [5.41, 5.74) is 0. The van der Waals surface area contributed by atoms with Crippen molar-refractivity contribution in [1.82, 2.24) is 10.6 Å². The average molecular weight is 153 g/mol. The predicted molar refractivity (Wildman–Crippen MR) is 45.7 cm³/mol. The lowest BCUT2D eigenvalue weighted by Gasteiger charge is -2.16. The van der Waals surface area contributed by atoms with Crippen molar-refractivity contribution in [3.63, 3.8) is 0 Å². The minimum absolute atomic E-state index is 0.720. The number of hydrogen-bond acceptors (Lipinski definition) is 1. The van der Waals surface area contributed by atoms with Gasteiger partial charge in [-0.2, -0.15) is 0 Å². The fourth-order valence-corrected chi connectivity index (χ4v) is 2.15. The molecule has 1 saturated heterocycles. The Hall–Kier alpha value is -0.0800. The van der Waals surface area contributed by atoms with E-state index in [2.05, 4.69) is 10.6 Å². The second-order valence-electron chi connectivity index (χ2n) is 3.76. The van der Waals surface area contributed by atoms with Crippen LogP contribution < -0.4 is 10.6 Å². The van der Waals surface area contributed by atoms with Crippen molar-refractivity contribution in [2.24, 2.45) is 0 Å². The van der Waals surface area contributed by atoms with E-state index in [1.54, 1.807) is 0 Å². The van der Waals surface area contributed by atoms with Crippen LogP contribution in [0.3, 0.4) is 0 Å². The van der Waals surface area contributed by atoms with Crippen molar-refractivity contribution in [3.05, 3.63) is 0 Å². The molecular formula is C9H17N2. The van der Waals surface area contributed by atoms with Crippen molar-refractivity contribution >= 4 is 0 Å². The van der Waals surface area contributed by atoms with Crippen molar-refractivity contribution < 1.29 is 0 Å². The van der Waals surface area contributed by atoms with Crippen LogP contribution >= 0.6 is 0 Å². The second kappa shape index (κ2) is 3.55. The smallest absolute Gasteiger partial charge is 0.0288 e. The van der Waals surface area contributed by atoms with Gasteiger partial charge in [-0.15, -0.1) is 0 Å². The third-order valence-corrected chi connectivity index (χ3v) is 2.81. The third-order valence-electron chi connectivity index (χ3n) is 2.81. The fraction of sp³-hybridized carbons (Fsp3) is 1.00. The monoisotopic (exact) mass is 153 g/mol. The number of hydrogen-bond donors (Lipinski definition) is 1. The van der Waals surface area contributed by atoms with Crippen LogP contribution in [0.1, 0.15) is 32.1 Å². The highest BCUT2D eigenvalue weighted by Gasteiger charge is 2.21. The number of rotatable bonds is 2. The molecule has 1 heterocycles. The lowest BCUT2D eigenvalue weighted by atomic mass is 10.2. The van der Waals surface area contributed by atoms with Gasteiger partial charge in [-0.1, -0.05) is 12.8 Å². The molecule has 1 radical (unpaired) electrons. The Morgan fingerprint density at radius 3 is 2.45 bits per heavy atom. The Balaban J connectivity index is 1.71. The largest absolute Gasteiger partial charge is 0.310 e. The molecule has 0 aromatic heterocycles. The van der Waals surface area contributed by atoms with E-state index in [0.29, 0.717) is 0 Å². The molecule has 63 valence electrons. The molecule has 1 atom stereocenters. The van der Waals surface area contributed by atoms with Gasteiger partial charge in [0.15, 0.2) is 0 Å². The van der Waals surface area contributed by atoms with Crippen LogP contribution in [0, 0.1) is 0 Å². The summed E-state index contributed by atoms with van der Waals surface area (Å²) < 4.78 is 0. The number of nitrogens with zero attached hydrogens (tertiary/aromatic N) is 1. The summed E-state index contributed by atoms with van der Waals surface area (Å²) in [6.45, 7) is 2.15. The second-order valence-corrected chi connectivity index (χ2v) is 3.76. The molecule has 1 N–H and O–H groups in total. The molecule has 2 rings (SSSR count). The zero-order valence-electron chi connectivity index (χ0n) is 7.05. The third kappa shape index (κ3) is 1.94. The van der Waals surface area contributed by atoms with Gasteiger partial charge in [0, 0.05) is 25.2 Å². The Bertz CT molecular complexity index is 98.7. The summed E-state index contributed by atoms with van der Waals surface area (Å²) in [5, 5.41) is 8.03. The summed E-state index contributed by atoms with van der Waals surface area (Å²) in [6.07, 6.45) is 6.94. The lowest BCUT2D eigenvalue weighted by Crippen LogP contribution is -2.37. The van der Waals surface area contributed by atoms with Gasteiger partial charge in [-0.05, 0) is 19.3 Å². The SMILES string of the molecule is C1CCC(NC2CC[N]C2)C1. The molecule has 0 amide bonds. The van der Waals surface area contributed by atoms with Gasteiger partial charge in [0.25, 0.3) is 0 Å². The minimum atomic E-state index is 0.720. The molecule has 0 bridgehead atoms. The average Bonchev–Trinajstić information content (AvgIpc) is 2.60. The highest BCUT2D eigenvalue weighted by molar-refractivity contribution is 4.83. The van der Waals surface area contributed by atoms with Gasteiger partial charge in [-0.25, -0.2) is 5.32 Å². The topological polar surface area (TPSA) is 26.1 Å². The molecule has 0 aromatic rings. The van der Waals surface area contributed by atoms with E-state index >= 15 is 0 Å². The van der Waals surface area contributed by atoms with Gasteiger partial charge < -0.3 is 5.32 Å². The van der Waals surface area contributed by atoms with Crippen LogP contribution in [0.4, 0.5) is 0 Å². The lowest BCUT2D eigenvalue weighted by molar-refractivity contribution is 0.449. The Morgan fingerprint density at radius 2 is 1.82 bits per heavy atom. The number of nitrogens with one attached hydrogen (secondary N) is 1. The maximum Gasteiger partial charge on any atom is 0.0288 e. The first-order valence-corrected chi connectivity index (χ1v) is 4.84.